The van der Waals surface area contributed by atoms with Crippen LogP contribution in [0.25, 0.3) is 0 Å². The predicted octanol–water partition coefficient (Wildman–Crippen LogP) is 1.69. The van der Waals surface area contributed by atoms with Crippen LogP contribution in [0, 0.1) is 0 Å². The number of nitrogens with zero attached hydrogens (tertiary/aromatic N) is 2. The Morgan fingerprint density at radius 1 is 1.22 bits per heavy atom. The van der Waals surface area contributed by atoms with Crippen molar-refractivity contribution in [2.75, 3.05) is 37.4 Å². The van der Waals surface area contributed by atoms with Gasteiger partial charge in [-0.05, 0) is 13.3 Å². The maximum absolute atomic E-state index is 5.59. The Bertz CT molecular complexity index is 347. The van der Waals surface area contributed by atoms with Gasteiger partial charge in [0.2, 0.25) is 11.8 Å². The van der Waals surface area contributed by atoms with Gasteiger partial charge in [-0.15, -0.1) is 0 Å². The predicted molar refractivity (Wildman–Crippen MR) is 71.8 cm³/mol. The first-order valence-electron chi connectivity index (χ1n) is 6.35. The molecule has 0 unspecified atom stereocenters. The van der Waals surface area contributed by atoms with Gasteiger partial charge in [0.15, 0.2) is 0 Å². The Balaban J connectivity index is 2.32. The second-order valence-corrected chi connectivity index (χ2v) is 3.79. The van der Waals surface area contributed by atoms with Crippen molar-refractivity contribution >= 4 is 11.8 Å². The molecule has 1 rings (SSSR count). The lowest BCUT2D eigenvalue weighted by molar-refractivity contribution is 0.0965. The number of nitrogens with one attached hydrogen (secondary N) is 1. The van der Waals surface area contributed by atoms with Crippen LogP contribution >= 0.6 is 0 Å². The molecular weight excluding hydrogens is 232 g/mol. The molecule has 0 fully saturated rings. The Morgan fingerprint density at radius 3 is 2.78 bits per heavy atom. The Hall–Kier alpha value is -1.56. The van der Waals surface area contributed by atoms with Gasteiger partial charge in [0.25, 0.3) is 0 Å². The van der Waals surface area contributed by atoms with Crippen molar-refractivity contribution in [3.05, 3.63) is 6.07 Å². The van der Waals surface area contributed by atoms with Gasteiger partial charge in [-0.3, -0.25) is 0 Å². The SMILES string of the molecule is CCCCOCCOc1cc(NCC)nc(N)n1. The first-order chi connectivity index (χ1) is 8.76. The molecule has 6 heteroatoms. The summed E-state index contributed by atoms with van der Waals surface area (Å²) in [6.07, 6.45) is 2.21. The third kappa shape index (κ3) is 5.67. The number of rotatable bonds is 9. The minimum absolute atomic E-state index is 0.204. The van der Waals surface area contributed by atoms with E-state index in [0.29, 0.717) is 24.9 Å². The second-order valence-electron chi connectivity index (χ2n) is 3.79. The van der Waals surface area contributed by atoms with Gasteiger partial charge in [0, 0.05) is 19.2 Å². The zero-order valence-electron chi connectivity index (χ0n) is 11.1. The van der Waals surface area contributed by atoms with Crippen LogP contribution in [-0.2, 0) is 4.74 Å². The van der Waals surface area contributed by atoms with Crippen molar-refractivity contribution in [3.63, 3.8) is 0 Å². The second kappa shape index (κ2) is 8.52. The Labute approximate surface area is 108 Å². The molecule has 6 nitrogen and oxygen atoms in total. The summed E-state index contributed by atoms with van der Waals surface area (Å²) in [7, 11) is 0. The summed E-state index contributed by atoms with van der Waals surface area (Å²) >= 11 is 0. The van der Waals surface area contributed by atoms with E-state index in [1.807, 2.05) is 6.92 Å². The number of aromatic nitrogens is 2. The van der Waals surface area contributed by atoms with Crippen LogP contribution < -0.4 is 15.8 Å². The van der Waals surface area contributed by atoms with Crippen LogP contribution in [0.5, 0.6) is 5.88 Å². The fourth-order valence-electron chi connectivity index (χ4n) is 1.34. The summed E-state index contributed by atoms with van der Waals surface area (Å²) in [6, 6.07) is 1.73. The minimum atomic E-state index is 0.204. The monoisotopic (exact) mass is 254 g/mol. The summed E-state index contributed by atoms with van der Waals surface area (Å²) in [5.41, 5.74) is 5.59. The molecule has 0 aliphatic rings. The molecule has 102 valence electrons. The number of nitrogens with two attached hydrogens (primary N) is 1. The number of anilines is 2. The highest BCUT2D eigenvalue weighted by Crippen LogP contribution is 2.14. The Morgan fingerprint density at radius 2 is 2.06 bits per heavy atom. The van der Waals surface area contributed by atoms with E-state index in [0.717, 1.165) is 26.0 Å². The summed E-state index contributed by atoms with van der Waals surface area (Å²) in [4.78, 5) is 8.04. The van der Waals surface area contributed by atoms with Crippen LogP contribution in [-0.4, -0.2) is 36.3 Å². The summed E-state index contributed by atoms with van der Waals surface area (Å²) in [5.74, 6) is 1.35. The van der Waals surface area contributed by atoms with E-state index in [2.05, 4.69) is 22.2 Å². The molecule has 1 heterocycles. The van der Waals surface area contributed by atoms with Crippen LogP contribution in [0.2, 0.25) is 0 Å². The molecule has 0 saturated heterocycles. The van der Waals surface area contributed by atoms with Gasteiger partial charge in [-0.25, -0.2) is 0 Å². The summed E-state index contributed by atoms with van der Waals surface area (Å²) in [6.45, 7) is 6.68. The smallest absolute Gasteiger partial charge is 0.225 e. The molecule has 0 radical (unpaired) electrons. The van der Waals surface area contributed by atoms with Crippen molar-refractivity contribution < 1.29 is 9.47 Å². The highest BCUT2D eigenvalue weighted by Gasteiger charge is 2.02. The highest BCUT2D eigenvalue weighted by molar-refractivity contribution is 5.42. The van der Waals surface area contributed by atoms with Crippen LogP contribution in [0.4, 0.5) is 11.8 Å². The normalized spacial score (nSPS) is 10.3. The van der Waals surface area contributed by atoms with Crippen molar-refractivity contribution in [2.45, 2.75) is 26.7 Å². The van der Waals surface area contributed by atoms with Crippen molar-refractivity contribution in [3.8, 4) is 5.88 Å². The third-order valence-electron chi connectivity index (χ3n) is 2.20. The van der Waals surface area contributed by atoms with E-state index in [1.54, 1.807) is 6.07 Å². The minimum Gasteiger partial charge on any atom is -0.475 e. The van der Waals surface area contributed by atoms with Gasteiger partial charge in [0.1, 0.15) is 12.4 Å². The quantitative estimate of drug-likeness (QED) is 0.652. The van der Waals surface area contributed by atoms with Gasteiger partial charge < -0.3 is 20.5 Å². The molecule has 0 bridgehead atoms. The molecule has 1 aromatic heterocycles. The molecule has 0 aliphatic heterocycles. The topological polar surface area (TPSA) is 82.3 Å². The van der Waals surface area contributed by atoms with Crippen molar-refractivity contribution in [1.29, 1.82) is 0 Å². The standard InChI is InChI=1S/C12H22N4O2/c1-3-5-6-17-7-8-18-11-9-10(14-4-2)15-12(13)16-11/h9H,3-8H2,1-2H3,(H3,13,14,15,16). The van der Waals surface area contributed by atoms with E-state index in [-0.39, 0.29) is 5.95 Å². The molecule has 1 aromatic rings. The third-order valence-corrected chi connectivity index (χ3v) is 2.20. The highest BCUT2D eigenvalue weighted by atomic mass is 16.5. The first kappa shape index (κ1) is 14.5. The molecule has 0 atom stereocenters. The average molecular weight is 254 g/mol. The van der Waals surface area contributed by atoms with E-state index in [4.69, 9.17) is 15.2 Å². The van der Waals surface area contributed by atoms with E-state index in [9.17, 15) is 0 Å². The average Bonchev–Trinajstić information content (AvgIpc) is 2.33. The van der Waals surface area contributed by atoms with Gasteiger partial charge in [0.05, 0.1) is 6.61 Å². The number of hydrogen-bond donors (Lipinski definition) is 2. The van der Waals surface area contributed by atoms with Crippen LogP contribution in [0.1, 0.15) is 26.7 Å². The molecule has 0 aliphatic carbocycles. The lowest BCUT2D eigenvalue weighted by atomic mass is 10.4. The fourth-order valence-corrected chi connectivity index (χ4v) is 1.34. The summed E-state index contributed by atoms with van der Waals surface area (Å²) in [5, 5.41) is 3.06. The molecular formula is C12H22N4O2. The molecule has 18 heavy (non-hydrogen) atoms. The number of nitrogen functional groups attached to an aromatic ring is 1. The Kier molecular flexibility index (Phi) is 6.86. The zero-order valence-corrected chi connectivity index (χ0v) is 11.1. The fraction of sp³-hybridized carbons (Fsp3) is 0.667. The van der Waals surface area contributed by atoms with Crippen molar-refractivity contribution in [2.24, 2.45) is 0 Å². The van der Waals surface area contributed by atoms with Gasteiger partial charge in [-0.1, -0.05) is 13.3 Å². The lowest BCUT2D eigenvalue weighted by Crippen LogP contribution is -2.10. The largest absolute Gasteiger partial charge is 0.475 e. The maximum Gasteiger partial charge on any atom is 0.225 e. The van der Waals surface area contributed by atoms with E-state index in [1.165, 1.54) is 0 Å². The number of unbranched alkanes of at least 4 members (excludes halogenated alkanes) is 1. The van der Waals surface area contributed by atoms with Gasteiger partial charge in [-0.2, -0.15) is 9.97 Å². The molecule has 0 spiro atoms. The van der Waals surface area contributed by atoms with Crippen LogP contribution in [0.3, 0.4) is 0 Å². The molecule has 0 amide bonds. The van der Waals surface area contributed by atoms with E-state index < -0.39 is 0 Å². The van der Waals surface area contributed by atoms with E-state index >= 15 is 0 Å². The van der Waals surface area contributed by atoms with Crippen LogP contribution in [0.15, 0.2) is 6.07 Å². The maximum atomic E-state index is 5.59. The summed E-state index contributed by atoms with van der Waals surface area (Å²) < 4.78 is 10.8. The number of ether oxygens (including phenoxy) is 2. The molecule has 3 N–H and O–H groups in total. The number of hydrogen-bond acceptors (Lipinski definition) is 6. The first-order valence-corrected chi connectivity index (χ1v) is 6.35. The molecule has 0 aromatic carbocycles. The van der Waals surface area contributed by atoms with Crippen molar-refractivity contribution in [1.82, 2.24) is 9.97 Å². The van der Waals surface area contributed by atoms with Gasteiger partial charge >= 0.3 is 0 Å². The molecule has 0 saturated carbocycles. The zero-order chi connectivity index (χ0) is 13.2. The lowest BCUT2D eigenvalue weighted by Gasteiger charge is -2.08.